The molecule has 2 aromatic heterocycles. The molecule has 0 amide bonds. The predicted molar refractivity (Wildman–Crippen MR) is 117 cm³/mol. The molecular formula is C22H24N6O. The number of rotatable bonds is 3. The smallest absolute Gasteiger partial charge is 0.239 e. The van der Waals surface area contributed by atoms with E-state index in [0.29, 0.717) is 0 Å². The fraction of sp³-hybridized carbons (Fsp3) is 0.273. The lowest BCUT2D eigenvalue weighted by atomic mass is 10.1. The highest BCUT2D eigenvalue weighted by atomic mass is 16.5. The number of benzene rings is 2. The van der Waals surface area contributed by atoms with E-state index in [0.717, 1.165) is 65.3 Å². The highest BCUT2D eigenvalue weighted by molar-refractivity contribution is 5.93. The van der Waals surface area contributed by atoms with E-state index in [9.17, 15) is 0 Å². The molecule has 0 aliphatic carbocycles. The van der Waals surface area contributed by atoms with Crippen LogP contribution >= 0.6 is 0 Å². The number of piperazine rings is 1. The number of fused-ring (bicyclic) bond motifs is 3. The van der Waals surface area contributed by atoms with Gasteiger partial charge in [0.15, 0.2) is 0 Å². The molecule has 4 aromatic rings. The number of aromatic nitrogens is 3. The van der Waals surface area contributed by atoms with Gasteiger partial charge < -0.3 is 20.3 Å². The van der Waals surface area contributed by atoms with Gasteiger partial charge >= 0.3 is 0 Å². The molecule has 1 saturated heterocycles. The number of nitrogens with two attached hydrogens (primary N) is 1. The molecule has 2 N–H and O–H groups in total. The maximum atomic E-state index is 6.07. The van der Waals surface area contributed by atoms with Crippen molar-refractivity contribution in [2.75, 3.05) is 51.0 Å². The third-order valence-corrected chi connectivity index (χ3v) is 5.67. The molecule has 3 heterocycles. The summed E-state index contributed by atoms with van der Waals surface area (Å²) in [5.74, 6) is 1.02. The van der Waals surface area contributed by atoms with E-state index in [4.69, 9.17) is 10.5 Å². The third-order valence-electron chi connectivity index (χ3n) is 5.67. The molecule has 1 aliphatic rings. The summed E-state index contributed by atoms with van der Waals surface area (Å²) in [6.45, 7) is 4.13. The number of ether oxygens (including phenoxy) is 1. The first-order valence-electron chi connectivity index (χ1n) is 9.80. The van der Waals surface area contributed by atoms with Crippen molar-refractivity contribution in [1.29, 1.82) is 0 Å². The highest BCUT2D eigenvalue weighted by Crippen LogP contribution is 2.36. The summed E-state index contributed by atoms with van der Waals surface area (Å²) in [5, 5.41) is 5.53. The predicted octanol–water partition coefficient (Wildman–Crippen LogP) is 2.89. The Kier molecular flexibility index (Phi) is 4.24. The lowest BCUT2D eigenvalue weighted by Gasteiger charge is -2.34. The second-order valence-electron chi connectivity index (χ2n) is 7.49. The summed E-state index contributed by atoms with van der Waals surface area (Å²) in [6, 6.07) is 16.5. The number of anilines is 2. The van der Waals surface area contributed by atoms with Crippen LogP contribution in [0, 0.1) is 0 Å². The number of hydrogen-bond donors (Lipinski definition) is 1. The molecule has 7 heteroatoms. The van der Waals surface area contributed by atoms with Gasteiger partial charge in [0.05, 0.1) is 18.1 Å². The molecule has 0 radical (unpaired) electrons. The second-order valence-corrected chi connectivity index (χ2v) is 7.49. The molecule has 7 nitrogen and oxygen atoms in total. The number of methoxy groups -OCH3 is 1. The van der Waals surface area contributed by atoms with Gasteiger partial charge in [0.1, 0.15) is 11.4 Å². The van der Waals surface area contributed by atoms with Gasteiger partial charge in [0, 0.05) is 48.9 Å². The molecule has 1 fully saturated rings. The fourth-order valence-electron chi connectivity index (χ4n) is 4.05. The zero-order valence-electron chi connectivity index (χ0n) is 16.7. The van der Waals surface area contributed by atoms with Crippen LogP contribution in [-0.2, 0) is 0 Å². The van der Waals surface area contributed by atoms with Crippen molar-refractivity contribution in [3.8, 4) is 17.0 Å². The van der Waals surface area contributed by atoms with Crippen LogP contribution in [0.2, 0.25) is 0 Å². The van der Waals surface area contributed by atoms with E-state index in [2.05, 4.69) is 57.3 Å². The van der Waals surface area contributed by atoms with E-state index < -0.39 is 0 Å². The van der Waals surface area contributed by atoms with Gasteiger partial charge in [-0.2, -0.15) is 0 Å². The maximum Gasteiger partial charge on any atom is 0.239 e. The highest BCUT2D eigenvalue weighted by Gasteiger charge is 2.19. The van der Waals surface area contributed by atoms with E-state index in [1.165, 1.54) is 0 Å². The van der Waals surface area contributed by atoms with Crippen LogP contribution in [-0.4, -0.2) is 59.8 Å². The van der Waals surface area contributed by atoms with Crippen molar-refractivity contribution in [3.63, 3.8) is 0 Å². The van der Waals surface area contributed by atoms with Gasteiger partial charge in [-0.25, -0.2) is 9.50 Å². The lowest BCUT2D eigenvalue weighted by molar-refractivity contribution is 0.312. The van der Waals surface area contributed by atoms with E-state index in [1.54, 1.807) is 7.11 Å². The molecular weight excluding hydrogens is 364 g/mol. The van der Waals surface area contributed by atoms with Gasteiger partial charge in [0.25, 0.3) is 0 Å². The Morgan fingerprint density at radius 1 is 0.966 bits per heavy atom. The summed E-state index contributed by atoms with van der Waals surface area (Å²) in [7, 11) is 3.86. The second kappa shape index (κ2) is 6.93. The molecule has 0 atom stereocenters. The van der Waals surface area contributed by atoms with Crippen LogP contribution in [0.25, 0.3) is 27.7 Å². The summed E-state index contributed by atoms with van der Waals surface area (Å²) < 4.78 is 7.63. The van der Waals surface area contributed by atoms with Crippen LogP contribution < -0.4 is 15.4 Å². The van der Waals surface area contributed by atoms with Gasteiger partial charge in [-0.05, 0) is 31.3 Å². The van der Waals surface area contributed by atoms with Crippen molar-refractivity contribution in [2.24, 2.45) is 0 Å². The van der Waals surface area contributed by atoms with Crippen molar-refractivity contribution in [2.45, 2.75) is 0 Å². The summed E-state index contributed by atoms with van der Waals surface area (Å²) in [6.07, 6.45) is 0. The van der Waals surface area contributed by atoms with E-state index in [1.807, 2.05) is 22.7 Å². The Hall–Kier alpha value is -3.32. The fourth-order valence-corrected chi connectivity index (χ4v) is 4.05. The van der Waals surface area contributed by atoms with Crippen LogP contribution in [0.15, 0.2) is 48.5 Å². The first-order valence-corrected chi connectivity index (χ1v) is 9.80. The molecule has 0 bridgehead atoms. The monoisotopic (exact) mass is 388 g/mol. The van der Waals surface area contributed by atoms with Crippen molar-refractivity contribution in [1.82, 2.24) is 19.5 Å². The van der Waals surface area contributed by atoms with Gasteiger partial charge in [-0.3, -0.25) is 0 Å². The molecule has 1 aliphatic heterocycles. The lowest BCUT2D eigenvalue weighted by Crippen LogP contribution is -2.44. The largest absolute Gasteiger partial charge is 0.496 e. The average Bonchev–Trinajstić information content (AvgIpc) is 3.12. The van der Waals surface area contributed by atoms with Gasteiger partial charge in [0.2, 0.25) is 5.95 Å². The normalized spacial score (nSPS) is 15.3. The average molecular weight is 388 g/mol. The maximum absolute atomic E-state index is 6.07. The molecule has 0 spiro atoms. The van der Waals surface area contributed by atoms with Crippen LogP contribution in [0.4, 0.5) is 11.6 Å². The molecule has 5 rings (SSSR count). The summed E-state index contributed by atoms with van der Waals surface area (Å²) >= 11 is 0. The zero-order chi connectivity index (χ0) is 20.0. The van der Waals surface area contributed by atoms with Crippen LogP contribution in [0.3, 0.4) is 0 Å². The van der Waals surface area contributed by atoms with Gasteiger partial charge in [-0.1, -0.05) is 18.2 Å². The van der Waals surface area contributed by atoms with Crippen LogP contribution in [0.1, 0.15) is 0 Å². The zero-order valence-corrected chi connectivity index (χ0v) is 16.7. The molecule has 2 aromatic carbocycles. The Labute approximate surface area is 169 Å². The van der Waals surface area contributed by atoms with Gasteiger partial charge in [-0.15, -0.1) is 5.10 Å². The number of likely N-dealkylation sites (N-methyl/N-ethyl adjacent to an activating group) is 1. The minimum absolute atomic E-state index is 0.235. The number of nitrogens with zero attached hydrogens (tertiary/aromatic N) is 5. The standard InChI is InChI=1S/C22H24N6O/c1-26-9-11-27(12-10-26)16-7-8-17(20(14-16)29-2)21-19-13-15-5-3-4-6-18(15)28(19)25-22(23)24-21/h3-8,13-14H,9-12H2,1-2H3,(H2,23,25). The third kappa shape index (κ3) is 3.03. The number of para-hydroxylation sites is 1. The minimum Gasteiger partial charge on any atom is -0.496 e. The quantitative estimate of drug-likeness (QED) is 0.582. The Bertz CT molecular complexity index is 1190. The topological polar surface area (TPSA) is 71.9 Å². The molecule has 148 valence electrons. The number of nitrogen functional groups attached to an aromatic ring is 1. The number of hydrogen-bond acceptors (Lipinski definition) is 6. The van der Waals surface area contributed by atoms with Crippen LogP contribution in [0.5, 0.6) is 5.75 Å². The van der Waals surface area contributed by atoms with Crippen molar-refractivity contribution < 1.29 is 4.74 Å². The molecule has 0 unspecified atom stereocenters. The molecule has 0 saturated carbocycles. The first kappa shape index (κ1) is 17.8. The van der Waals surface area contributed by atoms with Crippen molar-refractivity contribution >= 4 is 28.1 Å². The van der Waals surface area contributed by atoms with Crippen molar-refractivity contribution in [3.05, 3.63) is 48.5 Å². The van der Waals surface area contributed by atoms with E-state index >= 15 is 0 Å². The Morgan fingerprint density at radius 3 is 2.55 bits per heavy atom. The first-order chi connectivity index (χ1) is 14.1. The van der Waals surface area contributed by atoms with E-state index in [-0.39, 0.29) is 5.95 Å². The Morgan fingerprint density at radius 2 is 1.76 bits per heavy atom. The summed E-state index contributed by atoms with van der Waals surface area (Å²) in [4.78, 5) is 9.31. The minimum atomic E-state index is 0.235. The SMILES string of the molecule is COc1cc(N2CCN(C)CC2)ccc1-c1nc(N)nn2c1cc1ccccc12. The summed E-state index contributed by atoms with van der Waals surface area (Å²) in [5.41, 5.74) is 10.8. The Balaban J connectivity index is 1.64. The molecule has 29 heavy (non-hydrogen) atoms.